The maximum atomic E-state index is 12.7. The highest BCUT2D eigenvalue weighted by atomic mass is 35.5. The number of esters is 1. The second kappa shape index (κ2) is 9.52. The van der Waals surface area contributed by atoms with Crippen molar-refractivity contribution in [2.45, 2.75) is 83.9 Å². The number of ether oxygens (including phenoxy) is 1. The first-order valence-corrected chi connectivity index (χ1v) is 10.8. The first-order chi connectivity index (χ1) is 11.5. The van der Waals surface area contributed by atoms with Crippen LogP contribution in [0.3, 0.4) is 0 Å². The summed E-state index contributed by atoms with van der Waals surface area (Å²) in [5.41, 5.74) is -0.499. The number of hydrogen-bond acceptors (Lipinski definition) is 3. The van der Waals surface area contributed by atoms with Gasteiger partial charge in [-0.3, -0.25) is 4.79 Å². The summed E-state index contributed by atoms with van der Waals surface area (Å²) < 4.78 is 20.8. The molecule has 0 aromatic heterocycles. The van der Waals surface area contributed by atoms with Crippen LogP contribution in [-0.4, -0.2) is 27.1 Å². The zero-order valence-electron chi connectivity index (χ0n) is 16.5. The second-order valence-corrected chi connectivity index (χ2v) is 10.6. The number of carbonyl (C=O) groups excluding carboxylic acids is 1. The maximum absolute atomic E-state index is 12.7. The minimum atomic E-state index is -1.22. The Balaban J connectivity index is 3.09. The summed E-state index contributed by atoms with van der Waals surface area (Å²) in [4.78, 5) is 12.3. The van der Waals surface area contributed by atoms with Crippen LogP contribution in [0.2, 0.25) is 0 Å². The van der Waals surface area contributed by atoms with Gasteiger partial charge in [-0.1, -0.05) is 44.4 Å². The predicted molar refractivity (Wildman–Crippen MR) is 106 cm³/mol. The molecule has 0 spiro atoms. The Morgan fingerprint density at radius 2 is 1.88 bits per heavy atom. The Bertz CT molecular complexity index is 505. The molecule has 0 aliphatic heterocycles. The van der Waals surface area contributed by atoms with E-state index in [1.807, 2.05) is 33.8 Å². The standard InChI is InChI=1S/C19H34ClNO3S/c1-7-24-17(22)15(12-14(2)3)13-16(20)19(10-8-9-11-19)21-25(23)18(4,5)6/h13-15,21H,7-12H2,1-6H3/b16-13-/t15-,25?/m1/s1. The monoisotopic (exact) mass is 391 g/mol. The van der Waals surface area contributed by atoms with Crippen molar-refractivity contribution in [1.29, 1.82) is 0 Å². The first kappa shape index (κ1) is 22.7. The molecular formula is C19H34ClNO3S. The Morgan fingerprint density at radius 3 is 2.32 bits per heavy atom. The van der Waals surface area contributed by atoms with E-state index in [1.165, 1.54) is 0 Å². The van der Waals surface area contributed by atoms with Gasteiger partial charge in [0.05, 0.1) is 33.8 Å². The van der Waals surface area contributed by atoms with E-state index >= 15 is 0 Å². The molecule has 4 nitrogen and oxygen atoms in total. The fourth-order valence-corrected chi connectivity index (χ4v) is 4.44. The summed E-state index contributed by atoms with van der Waals surface area (Å²) in [6, 6.07) is 0. The van der Waals surface area contributed by atoms with Gasteiger partial charge >= 0.3 is 5.97 Å². The molecule has 0 amide bonds. The SMILES string of the molecule is CCOC(=O)[C@@H](/C=C(\Cl)C1(NS(=O)C(C)(C)C)CCCC1)CC(C)C. The van der Waals surface area contributed by atoms with Gasteiger partial charge in [-0.2, -0.15) is 0 Å². The molecule has 1 aliphatic rings. The van der Waals surface area contributed by atoms with Gasteiger partial charge in [0, 0.05) is 5.03 Å². The van der Waals surface area contributed by atoms with E-state index in [4.69, 9.17) is 16.3 Å². The van der Waals surface area contributed by atoms with Crippen LogP contribution in [0.4, 0.5) is 0 Å². The van der Waals surface area contributed by atoms with E-state index in [2.05, 4.69) is 18.6 Å². The van der Waals surface area contributed by atoms with E-state index in [0.717, 1.165) is 25.7 Å². The molecule has 1 N–H and O–H groups in total. The summed E-state index contributed by atoms with van der Waals surface area (Å²) in [6.07, 6.45) is 6.26. The van der Waals surface area contributed by atoms with Crippen LogP contribution in [-0.2, 0) is 20.5 Å². The van der Waals surface area contributed by atoms with Crippen LogP contribution in [0, 0.1) is 11.8 Å². The number of hydrogen-bond donors (Lipinski definition) is 1. The van der Waals surface area contributed by atoms with Crippen LogP contribution in [0.1, 0.15) is 73.6 Å². The van der Waals surface area contributed by atoms with Crippen molar-refractivity contribution in [3.63, 3.8) is 0 Å². The fourth-order valence-electron chi connectivity index (χ4n) is 3.02. The number of carbonyl (C=O) groups is 1. The Labute approximate surface area is 160 Å². The van der Waals surface area contributed by atoms with Gasteiger partial charge in [-0.25, -0.2) is 8.93 Å². The largest absolute Gasteiger partial charge is 0.466 e. The maximum Gasteiger partial charge on any atom is 0.312 e. The molecule has 0 saturated heterocycles. The highest BCUT2D eigenvalue weighted by Gasteiger charge is 2.41. The normalized spacial score (nSPS) is 20.6. The molecule has 1 fully saturated rings. The molecule has 6 heteroatoms. The molecule has 1 saturated carbocycles. The third kappa shape index (κ3) is 6.69. The first-order valence-electron chi connectivity index (χ1n) is 9.26. The van der Waals surface area contributed by atoms with Crippen molar-refractivity contribution in [1.82, 2.24) is 4.72 Å². The molecule has 25 heavy (non-hydrogen) atoms. The van der Waals surface area contributed by atoms with Crippen molar-refractivity contribution in [3.8, 4) is 0 Å². The molecule has 0 bridgehead atoms. The summed E-state index contributed by atoms with van der Waals surface area (Å²) >= 11 is 6.72. The Hall–Kier alpha value is -0.390. The summed E-state index contributed by atoms with van der Waals surface area (Å²) in [5, 5.41) is 0.598. The topological polar surface area (TPSA) is 55.4 Å². The smallest absolute Gasteiger partial charge is 0.312 e. The molecule has 146 valence electrons. The molecule has 0 heterocycles. The van der Waals surface area contributed by atoms with Crippen molar-refractivity contribution in [3.05, 3.63) is 11.1 Å². The molecule has 1 aliphatic carbocycles. The second-order valence-electron chi connectivity index (χ2n) is 8.28. The lowest BCUT2D eigenvalue weighted by atomic mass is 9.91. The molecule has 0 aromatic rings. The molecule has 1 rings (SSSR count). The van der Waals surface area contributed by atoms with Gasteiger partial charge < -0.3 is 4.74 Å². The minimum absolute atomic E-state index is 0.237. The van der Waals surface area contributed by atoms with E-state index in [0.29, 0.717) is 24.0 Å². The van der Waals surface area contributed by atoms with E-state index in [-0.39, 0.29) is 16.6 Å². The van der Waals surface area contributed by atoms with Crippen molar-refractivity contribution >= 4 is 28.6 Å². The van der Waals surface area contributed by atoms with Gasteiger partial charge in [-0.05, 0) is 52.9 Å². The molecule has 1 unspecified atom stereocenters. The van der Waals surface area contributed by atoms with Crippen molar-refractivity contribution < 1.29 is 13.7 Å². The van der Waals surface area contributed by atoms with Crippen LogP contribution < -0.4 is 4.72 Å². The minimum Gasteiger partial charge on any atom is -0.466 e. The van der Waals surface area contributed by atoms with E-state index in [9.17, 15) is 9.00 Å². The average molecular weight is 392 g/mol. The Kier molecular flexibility index (Phi) is 8.62. The molecule has 0 aromatic carbocycles. The highest BCUT2D eigenvalue weighted by Crippen LogP contribution is 2.40. The zero-order chi connectivity index (χ0) is 19.3. The summed E-state index contributed by atoms with van der Waals surface area (Å²) in [7, 11) is -1.22. The number of rotatable bonds is 8. The fraction of sp³-hybridized carbons (Fsp3) is 0.842. The lowest BCUT2D eigenvalue weighted by Gasteiger charge is -2.33. The van der Waals surface area contributed by atoms with Gasteiger partial charge in [0.1, 0.15) is 0 Å². The summed E-state index contributed by atoms with van der Waals surface area (Å²) in [5.74, 6) is -0.249. The third-order valence-corrected chi connectivity index (χ3v) is 6.60. The third-order valence-electron chi connectivity index (χ3n) is 4.42. The lowest BCUT2D eigenvalue weighted by molar-refractivity contribution is -0.146. The van der Waals surface area contributed by atoms with Crippen LogP contribution in [0.15, 0.2) is 11.1 Å². The van der Waals surface area contributed by atoms with Gasteiger partial charge in [0.25, 0.3) is 0 Å². The van der Waals surface area contributed by atoms with Crippen LogP contribution in [0.5, 0.6) is 0 Å². The Morgan fingerprint density at radius 1 is 1.32 bits per heavy atom. The van der Waals surface area contributed by atoms with Crippen molar-refractivity contribution in [2.24, 2.45) is 11.8 Å². The van der Waals surface area contributed by atoms with Crippen LogP contribution in [0.25, 0.3) is 0 Å². The van der Waals surface area contributed by atoms with Gasteiger partial charge in [-0.15, -0.1) is 0 Å². The molecule has 0 radical (unpaired) electrons. The quantitative estimate of drug-likeness (QED) is 0.610. The average Bonchev–Trinajstić information content (AvgIpc) is 2.95. The van der Waals surface area contributed by atoms with E-state index < -0.39 is 16.5 Å². The molecule has 2 atom stereocenters. The highest BCUT2D eigenvalue weighted by molar-refractivity contribution is 7.84. The van der Waals surface area contributed by atoms with Gasteiger partial charge in [0.15, 0.2) is 0 Å². The lowest BCUT2D eigenvalue weighted by Crippen LogP contribution is -2.49. The van der Waals surface area contributed by atoms with Crippen LogP contribution >= 0.6 is 11.6 Å². The summed E-state index contributed by atoms with van der Waals surface area (Å²) in [6.45, 7) is 12.1. The molecular weight excluding hydrogens is 358 g/mol. The zero-order valence-corrected chi connectivity index (χ0v) is 18.1. The number of nitrogens with one attached hydrogen (secondary N) is 1. The van der Waals surface area contributed by atoms with E-state index in [1.54, 1.807) is 0 Å². The number of halogens is 1. The van der Waals surface area contributed by atoms with Gasteiger partial charge in [0.2, 0.25) is 0 Å². The predicted octanol–water partition coefficient (Wildman–Crippen LogP) is 4.70. The van der Waals surface area contributed by atoms with Crippen molar-refractivity contribution in [2.75, 3.05) is 6.61 Å².